The molecule has 1 aliphatic rings. The van der Waals surface area contributed by atoms with E-state index >= 15 is 0 Å². The third-order valence-corrected chi connectivity index (χ3v) is 6.69. The van der Waals surface area contributed by atoms with Gasteiger partial charge in [-0.25, -0.2) is 14.8 Å². The fraction of sp³-hybridized carbons (Fsp3) is 0.583. The van der Waals surface area contributed by atoms with E-state index in [-0.39, 0.29) is 31.1 Å². The number of esters is 1. The van der Waals surface area contributed by atoms with Gasteiger partial charge in [0, 0.05) is 43.5 Å². The molecule has 36 heavy (non-hydrogen) atoms. The number of aromatic nitrogens is 4. The smallest absolute Gasteiger partial charge is 0.405 e. The van der Waals surface area contributed by atoms with Crippen LogP contribution in [-0.4, -0.2) is 61.6 Å². The fourth-order valence-electron chi connectivity index (χ4n) is 4.79. The lowest BCUT2D eigenvalue weighted by molar-refractivity contribution is -0.147. The van der Waals surface area contributed by atoms with Gasteiger partial charge in [0.15, 0.2) is 18.0 Å². The molecule has 2 amide bonds. The average molecular weight is 509 g/mol. The number of carbonyl (C=O) groups excluding carboxylic acids is 2. The van der Waals surface area contributed by atoms with Crippen molar-refractivity contribution in [3.8, 4) is 0 Å². The highest BCUT2D eigenvalue weighted by Crippen LogP contribution is 2.36. The number of nitrogens with zero attached hydrogens (tertiary/aromatic N) is 5. The molecule has 0 radical (unpaired) electrons. The Morgan fingerprint density at radius 2 is 1.97 bits per heavy atom. The number of rotatable bonds is 9. The first-order chi connectivity index (χ1) is 17.2. The topological polar surface area (TPSA) is 93.8 Å². The molecule has 3 aromatic rings. The van der Waals surface area contributed by atoms with E-state index in [2.05, 4.69) is 16.9 Å². The summed E-state index contributed by atoms with van der Waals surface area (Å²) in [5.41, 5.74) is 2.89. The number of imidazole rings is 1. The minimum Gasteiger partial charge on any atom is -0.444 e. The van der Waals surface area contributed by atoms with E-state index in [1.165, 1.54) is 4.90 Å². The molecule has 4 rings (SSSR count). The Kier molecular flexibility index (Phi) is 7.70. The van der Waals surface area contributed by atoms with E-state index in [0.29, 0.717) is 24.3 Å². The standard InChI is InChI=1S/C24H31F3N6O3/c1-3-5-6-7-21(34)36-15-31-9-8-18-22(31)29-11-20-28-10-19(33(18)20)17-13-32(12-16(17)4-2)23(35)30-14-24(25,26)27/h8-11,16-17H,3-7,12-15H2,1-2H3,(H,30,35)/t16-,17+/m1/s1. The van der Waals surface area contributed by atoms with Gasteiger partial charge < -0.3 is 15.0 Å². The molecule has 1 aliphatic heterocycles. The van der Waals surface area contributed by atoms with Crippen LogP contribution in [0.15, 0.2) is 24.7 Å². The zero-order valence-electron chi connectivity index (χ0n) is 20.4. The number of urea groups is 1. The summed E-state index contributed by atoms with van der Waals surface area (Å²) < 4.78 is 46.8. The normalized spacial score (nSPS) is 18.3. The summed E-state index contributed by atoms with van der Waals surface area (Å²) in [6.07, 6.45) is 4.64. The quantitative estimate of drug-likeness (QED) is 0.340. The van der Waals surface area contributed by atoms with Crippen molar-refractivity contribution in [2.45, 2.75) is 64.8 Å². The second-order valence-electron chi connectivity index (χ2n) is 9.19. The summed E-state index contributed by atoms with van der Waals surface area (Å²) >= 11 is 0. The second kappa shape index (κ2) is 10.8. The van der Waals surface area contributed by atoms with E-state index in [0.717, 1.165) is 36.9 Å². The van der Waals surface area contributed by atoms with Gasteiger partial charge in [-0.05, 0) is 18.4 Å². The molecule has 0 spiro atoms. The van der Waals surface area contributed by atoms with Gasteiger partial charge in [-0.15, -0.1) is 0 Å². The number of amides is 2. The molecule has 9 nitrogen and oxygen atoms in total. The lowest BCUT2D eigenvalue weighted by Crippen LogP contribution is -2.42. The summed E-state index contributed by atoms with van der Waals surface area (Å²) in [6.45, 7) is 3.41. The SMILES string of the molecule is CCCCCC(=O)OCn1ccc2c1ncc1ncc([C@H]3CN(C(=O)NCC(F)(F)F)C[C@H]3CC)n12. The predicted octanol–water partition coefficient (Wildman–Crippen LogP) is 4.46. The first-order valence-electron chi connectivity index (χ1n) is 12.3. The molecule has 196 valence electrons. The van der Waals surface area contributed by atoms with Crippen molar-refractivity contribution in [1.82, 2.24) is 29.2 Å². The number of carbonyl (C=O) groups is 2. The highest BCUT2D eigenvalue weighted by Gasteiger charge is 2.38. The number of hydrogen-bond donors (Lipinski definition) is 1. The lowest BCUT2D eigenvalue weighted by Gasteiger charge is -2.18. The van der Waals surface area contributed by atoms with Crippen molar-refractivity contribution < 1.29 is 27.5 Å². The molecule has 2 atom stereocenters. The zero-order valence-corrected chi connectivity index (χ0v) is 20.4. The zero-order chi connectivity index (χ0) is 25.9. The summed E-state index contributed by atoms with van der Waals surface area (Å²) in [7, 11) is 0. The van der Waals surface area contributed by atoms with Crippen LogP contribution in [0.4, 0.5) is 18.0 Å². The van der Waals surface area contributed by atoms with Crippen molar-refractivity contribution in [3.05, 3.63) is 30.4 Å². The molecule has 1 N–H and O–H groups in total. The van der Waals surface area contributed by atoms with Crippen LogP contribution in [-0.2, 0) is 16.3 Å². The van der Waals surface area contributed by atoms with Crippen molar-refractivity contribution in [2.24, 2.45) is 5.92 Å². The summed E-state index contributed by atoms with van der Waals surface area (Å²) in [6, 6.07) is 1.15. The van der Waals surface area contributed by atoms with Crippen LogP contribution in [0.3, 0.4) is 0 Å². The molecule has 0 aliphatic carbocycles. The first kappa shape index (κ1) is 25.8. The van der Waals surface area contributed by atoms with Gasteiger partial charge in [0.2, 0.25) is 0 Å². The Morgan fingerprint density at radius 3 is 2.69 bits per heavy atom. The van der Waals surface area contributed by atoms with Gasteiger partial charge in [0.05, 0.1) is 11.7 Å². The number of halogens is 3. The molecule has 0 bridgehead atoms. The molecule has 12 heteroatoms. The van der Waals surface area contributed by atoms with Crippen LogP contribution >= 0.6 is 0 Å². The molecule has 1 saturated heterocycles. The van der Waals surface area contributed by atoms with Gasteiger partial charge in [0.1, 0.15) is 6.54 Å². The Labute approximate surface area is 206 Å². The Bertz CT molecular complexity index is 1220. The number of fused-ring (bicyclic) bond motifs is 3. The van der Waals surface area contributed by atoms with Gasteiger partial charge in [-0.3, -0.25) is 13.8 Å². The molecule has 1 fully saturated rings. The first-order valence-corrected chi connectivity index (χ1v) is 12.3. The second-order valence-corrected chi connectivity index (χ2v) is 9.19. The van der Waals surface area contributed by atoms with Crippen LogP contribution in [0.25, 0.3) is 16.8 Å². The largest absolute Gasteiger partial charge is 0.444 e. The minimum atomic E-state index is -4.46. The van der Waals surface area contributed by atoms with Crippen molar-refractivity contribution in [2.75, 3.05) is 19.6 Å². The maximum absolute atomic E-state index is 12.6. The molecule has 3 aromatic heterocycles. The van der Waals surface area contributed by atoms with E-state index in [9.17, 15) is 22.8 Å². The van der Waals surface area contributed by atoms with E-state index in [4.69, 9.17) is 4.74 Å². The monoisotopic (exact) mass is 508 g/mol. The highest BCUT2D eigenvalue weighted by molar-refractivity contribution is 5.77. The highest BCUT2D eigenvalue weighted by atomic mass is 19.4. The van der Waals surface area contributed by atoms with Crippen LogP contribution in [0.2, 0.25) is 0 Å². The Balaban J connectivity index is 1.54. The van der Waals surface area contributed by atoms with Gasteiger partial charge in [-0.2, -0.15) is 13.2 Å². The molecular weight excluding hydrogens is 477 g/mol. The number of nitrogens with one attached hydrogen (secondary N) is 1. The maximum atomic E-state index is 12.6. The van der Waals surface area contributed by atoms with Crippen LogP contribution in [0, 0.1) is 5.92 Å². The van der Waals surface area contributed by atoms with E-state index in [1.54, 1.807) is 23.2 Å². The van der Waals surface area contributed by atoms with E-state index in [1.807, 2.05) is 22.7 Å². The van der Waals surface area contributed by atoms with Crippen LogP contribution in [0.5, 0.6) is 0 Å². The number of ether oxygens (including phenoxy) is 1. The van der Waals surface area contributed by atoms with Gasteiger partial charge >= 0.3 is 18.2 Å². The predicted molar refractivity (Wildman–Crippen MR) is 126 cm³/mol. The Hall–Kier alpha value is -3.31. The van der Waals surface area contributed by atoms with Crippen LogP contribution in [0.1, 0.15) is 57.6 Å². The third-order valence-electron chi connectivity index (χ3n) is 6.69. The average Bonchev–Trinajstić information content (AvgIpc) is 3.56. The number of hydrogen-bond acceptors (Lipinski definition) is 5. The molecule has 0 unspecified atom stereocenters. The Morgan fingerprint density at radius 1 is 1.17 bits per heavy atom. The van der Waals surface area contributed by atoms with Crippen LogP contribution < -0.4 is 5.32 Å². The maximum Gasteiger partial charge on any atom is 0.405 e. The van der Waals surface area contributed by atoms with Gasteiger partial charge in [-0.1, -0.05) is 33.1 Å². The number of alkyl halides is 3. The number of likely N-dealkylation sites (tertiary alicyclic amines) is 1. The fourth-order valence-corrected chi connectivity index (χ4v) is 4.79. The summed E-state index contributed by atoms with van der Waals surface area (Å²) in [5, 5.41) is 1.97. The number of unbranched alkanes of at least 4 members (excludes halogenated alkanes) is 2. The van der Waals surface area contributed by atoms with Crippen molar-refractivity contribution in [1.29, 1.82) is 0 Å². The summed E-state index contributed by atoms with van der Waals surface area (Å²) in [5.74, 6) is -0.293. The minimum absolute atomic E-state index is 0.0468. The van der Waals surface area contributed by atoms with Gasteiger partial charge in [0.25, 0.3) is 0 Å². The van der Waals surface area contributed by atoms with Crippen molar-refractivity contribution >= 4 is 28.8 Å². The summed E-state index contributed by atoms with van der Waals surface area (Å²) in [4.78, 5) is 34.8. The molecule has 4 heterocycles. The molecule has 0 aromatic carbocycles. The molecular formula is C24H31F3N6O3. The lowest BCUT2D eigenvalue weighted by atomic mass is 9.91. The van der Waals surface area contributed by atoms with Crippen molar-refractivity contribution in [3.63, 3.8) is 0 Å². The van der Waals surface area contributed by atoms with E-state index < -0.39 is 18.8 Å². The molecule has 0 saturated carbocycles. The third kappa shape index (κ3) is 5.57.